The summed E-state index contributed by atoms with van der Waals surface area (Å²) in [5.74, 6) is 1.08. The Morgan fingerprint density at radius 2 is 2.24 bits per heavy atom. The zero-order valence-corrected chi connectivity index (χ0v) is 15.7. The molecule has 1 aliphatic rings. The number of hydrogen-bond donors (Lipinski definition) is 1. The molecule has 0 saturated heterocycles. The minimum absolute atomic E-state index is 0.119. The van der Waals surface area contributed by atoms with Crippen LogP contribution in [0.4, 0.5) is 0 Å². The number of thiophene rings is 1. The number of para-hydroxylation sites is 1. The van der Waals surface area contributed by atoms with E-state index in [2.05, 4.69) is 47.0 Å². The minimum atomic E-state index is 0.119. The standard InChI is InChI=1S/C20H26N2O2S/c1-15(11-17-8-10-25-14-17)21-20(23)7-9-22-12-16(2)24-19-6-4-3-5-18(19)13-22/h3-6,8,10,14-16H,7,9,11-13H2,1-2H3,(H,21,23). The lowest BCUT2D eigenvalue weighted by Gasteiger charge is -2.22. The maximum Gasteiger partial charge on any atom is 0.221 e. The third kappa shape index (κ3) is 5.31. The fraction of sp³-hybridized carbons (Fsp3) is 0.450. The Labute approximate surface area is 153 Å². The van der Waals surface area contributed by atoms with E-state index >= 15 is 0 Å². The van der Waals surface area contributed by atoms with Crippen LogP contribution in [0.15, 0.2) is 41.1 Å². The zero-order chi connectivity index (χ0) is 17.6. The van der Waals surface area contributed by atoms with Crippen molar-refractivity contribution in [1.29, 1.82) is 0 Å². The van der Waals surface area contributed by atoms with Crippen LogP contribution in [0, 0.1) is 0 Å². The van der Waals surface area contributed by atoms with Gasteiger partial charge in [-0.25, -0.2) is 0 Å². The van der Waals surface area contributed by atoms with Crippen LogP contribution >= 0.6 is 11.3 Å². The molecule has 1 amide bonds. The summed E-state index contributed by atoms with van der Waals surface area (Å²) in [6.07, 6.45) is 1.53. The highest BCUT2D eigenvalue weighted by molar-refractivity contribution is 7.07. The van der Waals surface area contributed by atoms with Crippen molar-refractivity contribution in [2.24, 2.45) is 0 Å². The van der Waals surface area contributed by atoms with Crippen molar-refractivity contribution in [3.05, 3.63) is 52.2 Å². The summed E-state index contributed by atoms with van der Waals surface area (Å²) in [5, 5.41) is 7.32. The van der Waals surface area contributed by atoms with E-state index in [4.69, 9.17) is 4.74 Å². The average Bonchev–Trinajstić information content (AvgIpc) is 3.00. The molecule has 25 heavy (non-hydrogen) atoms. The second-order valence-corrected chi connectivity index (χ2v) is 7.61. The minimum Gasteiger partial charge on any atom is -0.489 e. The van der Waals surface area contributed by atoms with Crippen LogP contribution in [0.1, 0.15) is 31.4 Å². The number of amides is 1. The normalized spacial score (nSPS) is 18.7. The lowest BCUT2D eigenvalue weighted by Crippen LogP contribution is -2.38. The number of benzene rings is 1. The maximum atomic E-state index is 12.3. The van der Waals surface area contributed by atoms with Crippen molar-refractivity contribution in [1.82, 2.24) is 10.2 Å². The number of carbonyl (C=O) groups excluding carboxylic acids is 1. The number of rotatable bonds is 6. The third-order valence-corrected chi connectivity index (χ3v) is 5.13. The van der Waals surface area contributed by atoms with Crippen LogP contribution in [0.25, 0.3) is 0 Å². The molecule has 0 fully saturated rings. The van der Waals surface area contributed by atoms with Gasteiger partial charge in [-0.1, -0.05) is 18.2 Å². The van der Waals surface area contributed by atoms with Crippen molar-refractivity contribution in [2.45, 2.75) is 45.4 Å². The van der Waals surface area contributed by atoms with Crippen LogP contribution in [-0.4, -0.2) is 36.0 Å². The van der Waals surface area contributed by atoms with Crippen LogP contribution < -0.4 is 10.1 Å². The van der Waals surface area contributed by atoms with Crippen LogP contribution in [0.2, 0.25) is 0 Å². The van der Waals surface area contributed by atoms with Crippen molar-refractivity contribution in [2.75, 3.05) is 13.1 Å². The molecule has 0 saturated carbocycles. The van der Waals surface area contributed by atoms with E-state index in [0.717, 1.165) is 31.8 Å². The molecule has 0 radical (unpaired) electrons. The Morgan fingerprint density at radius 1 is 1.40 bits per heavy atom. The molecule has 2 unspecified atom stereocenters. The van der Waals surface area contributed by atoms with Gasteiger partial charge in [-0.3, -0.25) is 9.69 Å². The van der Waals surface area contributed by atoms with E-state index in [-0.39, 0.29) is 18.1 Å². The smallest absolute Gasteiger partial charge is 0.221 e. The van der Waals surface area contributed by atoms with Crippen molar-refractivity contribution in [3.63, 3.8) is 0 Å². The van der Waals surface area contributed by atoms with E-state index in [1.807, 2.05) is 18.2 Å². The number of nitrogens with zero attached hydrogens (tertiary/aromatic N) is 1. The van der Waals surface area contributed by atoms with Gasteiger partial charge in [-0.15, -0.1) is 0 Å². The van der Waals surface area contributed by atoms with E-state index < -0.39 is 0 Å². The maximum absolute atomic E-state index is 12.3. The SMILES string of the molecule is CC(Cc1ccsc1)NC(=O)CCN1Cc2ccccc2OC(C)C1. The first kappa shape index (κ1) is 18.0. The molecular formula is C20H26N2O2S. The van der Waals surface area contributed by atoms with Gasteiger partial charge >= 0.3 is 0 Å². The Hall–Kier alpha value is -1.85. The Kier molecular flexibility index (Phi) is 6.10. The first-order chi connectivity index (χ1) is 12.1. The molecule has 1 aromatic carbocycles. The number of carbonyl (C=O) groups is 1. The summed E-state index contributed by atoms with van der Waals surface area (Å²) in [4.78, 5) is 14.6. The van der Waals surface area contributed by atoms with Gasteiger partial charge in [0, 0.05) is 37.7 Å². The molecule has 0 bridgehead atoms. The first-order valence-corrected chi connectivity index (χ1v) is 9.82. The number of fused-ring (bicyclic) bond motifs is 1. The molecule has 2 heterocycles. The third-order valence-electron chi connectivity index (χ3n) is 4.39. The summed E-state index contributed by atoms with van der Waals surface area (Å²) < 4.78 is 5.98. The van der Waals surface area contributed by atoms with Gasteiger partial charge < -0.3 is 10.1 Å². The van der Waals surface area contributed by atoms with Crippen molar-refractivity contribution < 1.29 is 9.53 Å². The molecule has 1 N–H and O–H groups in total. The summed E-state index contributed by atoms with van der Waals surface area (Å²) in [7, 11) is 0. The zero-order valence-electron chi connectivity index (χ0n) is 14.9. The van der Waals surface area contributed by atoms with Gasteiger partial charge in [0.05, 0.1) is 0 Å². The molecule has 1 aromatic heterocycles. The van der Waals surface area contributed by atoms with Gasteiger partial charge in [-0.05, 0) is 48.7 Å². The molecule has 1 aliphatic heterocycles. The van der Waals surface area contributed by atoms with E-state index in [1.54, 1.807) is 11.3 Å². The summed E-state index contributed by atoms with van der Waals surface area (Å²) in [6.45, 7) is 6.56. The lowest BCUT2D eigenvalue weighted by molar-refractivity contribution is -0.122. The first-order valence-electron chi connectivity index (χ1n) is 8.87. The monoisotopic (exact) mass is 358 g/mol. The topological polar surface area (TPSA) is 41.6 Å². The molecular weight excluding hydrogens is 332 g/mol. The average molecular weight is 359 g/mol. The van der Waals surface area contributed by atoms with Crippen LogP contribution in [0.3, 0.4) is 0 Å². The fourth-order valence-corrected chi connectivity index (χ4v) is 3.94. The number of ether oxygens (including phenoxy) is 1. The second kappa shape index (κ2) is 8.50. The largest absolute Gasteiger partial charge is 0.489 e. The van der Waals surface area contributed by atoms with Crippen LogP contribution in [-0.2, 0) is 17.8 Å². The molecule has 5 heteroatoms. The molecule has 0 aliphatic carbocycles. The molecule has 4 nitrogen and oxygen atoms in total. The highest BCUT2D eigenvalue weighted by Crippen LogP contribution is 2.24. The second-order valence-electron chi connectivity index (χ2n) is 6.83. The predicted molar refractivity (Wildman–Crippen MR) is 102 cm³/mol. The number of hydrogen-bond acceptors (Lipinski definition) is 4. The summed E-state index contributed by atoms with van der Waals surface area (Å²) in [5.41, 5.74) is 2.48. The summed E-state index contributed by atoms with van der Waals surface area (Å²) in [6, 6.07) is 10.4. The Morgan fingerprint density at radius 3 is 3.04 bits per heavy atom. The molecule has 2 aromatic rings. The molecule has 0 spiro atoms. The summed E-state index contributed by atoms with van der Waals surface area (Å²) >= 11 is 1.69. The van der Waals surface area contributed by atoms with E-state index in [9.17, 15) is 4.79 Å². The predicted octanol–water partition coefficient (Wildman–Crippen LogP) is 3.47. The van der Waals surface area contributed by atoms with E-state index in [0.29, 0.717) is 6.42 Å². The highest BCUT2D eigenvalue weighted by Gasteiger charge is 2.20. The molecule has 3 rings (SSSR count). The van der Waals surface area contributed by atoms with Gasteiger partial charge in [-0.2, -0.15) is 11.3 Å². The van der Waals surface area contributed by atoms with E-state index in [1.165, 1.54) is 11.1 Å². The van der Waals surface area contributed by atoms with Crippen LogP contribution in [0.5, 0.6) is 5.75 Å². The lowest BCUT2D eigenvalue weighted by atomic mass is 10.1. The van der Waals surface area contributed by atoms with Gasteiger partial charge in [0.25, 0.3) is 0 Å². The quantitative estimate of drug-likeness (QED) is 0.860. The number of nitrogens with one attached hydrogen (secondary N) is 1. The highest BCUT2D eigenvalue weighted by atomic mass is 32.1. The van der Waals surface area contributed by atoms with Gasteiger partial charge in [0.1, 0.15) is 11.9 Å². The Bertz CT molecular complexity index is 687. The van der Waals surface area contributed by atoms with Crippen molar-refractivity contribution >= 4 is 17.2 Å². The molecule has 134 valence electrons. The Balaban J connectivity index is 1.48. The fourth-order valence-electron chi connectivity index (χ4n) is 3.26. The van der Waals surface area contributed by atoms with Crippen molar-refractivity contribution in [3.8, 4) is 5.75 Å². The molecule has 2 atom stereocenters. The van der Waals surface area contributed by atoms with Gasteiger partial charge in [0.2, 0.25) is 5.91 Å². The van der Waals surface area contributed by atoms with Gasteiger partial charge in [0.15, 0.2) is 0 Å².